The highest BCUT2D eigenvalue weighted by molar-refractivity contribution is 6.03. The molecule has 1 amide bonds. The molecule has 0 bridgehead atoms. The molecule has 3 rings (SSSR count). The van der Waals surface area contributed by atoms with Crippen LogP contribution in [0.25, 0.3) is 0 Å². The van der Waals surface area contributed by atoms with Gasteiger partial charge in [0.2, 0.25) is 0 Å². The number of hydrogen-bond donors (Lipinski definition) is 2. The van der Waals surface area contributed by atoms with Gasteiger partial charge in [-0.1, -0.05) is 0 Å². The van der Waals surface area contributed by atoms with Crippen LogP contribution >= 0.6 is 0 Å². The molecule has 2 aromatic carbocycles. The molecule has 0 aliphatic carbocycles. The van der Waals surface area contributed by atoms with Crippen LogP contribution in [-0.2, 0) is 4.74 Å². The molecule has 29 heavy (non-hydrogen) atoms. The third-order valence-electron chi connectivity index (χ3n) is 4.01. The summed E-state index contributed by atoms with van der Waals surface area (Å²) in [7, 11) is 1.30. The summed E-state index contributed by atoms with van der Waals surface area (Å²) in [6, 6.07) is 13.2. The van der Waals surface area contributed by atoms with E-state index in [2.05, 4.69) is 25.3 Å². The Kier molecular flexibility index (Phi) is 5.94. The molecule has 0 saturated carbocycles. The van der Waals surface area contributed by atoms with Crippen molar-refractivity contribution in [3.63, 3.8) is 0 Å². The molecule has 0 spiro atoms. The number of hydrogen-bond acceptors (Lipinski definition) is 7. The van der Waals surface area contributed by atoms with Gasteiger partial charge in [-0.2, -0.15) is 0 Å². The minimum atomic E-state index is -0.451. The maximum Gasteiger partial charge on any atom is 0.337 e. The number of carbonyl (C=O) groups is 3. The van der Waals surface area contributed by atoms with Crippen molar-refractivity contribution in [2.24, 2.45) is 0 Å². The molecule has 146 valence electrons. The van der Waals surface area contributed by atoms with Crippen LogP contribution in [0, 0.1) is 0 Å². The molecule has 2 N–H and O–H groups in total. The van der Waals surface area contributed by atoms with E-state index in [0.29, 0.717) is 22.6 Å². The number of benzene rings is 2. The van der Waals surface area contributed by atoms with E-state index in [1.807, 2.05) is 0 Å². The maximum absolute atomic E-state index is 12.3. The van der Waals surface area contributed by atoms with Crippen molar-refractivity contribution in [1.82, 2.24) is 9.97 Å². The van der Waals surface area contributed by atoms with Crippen LogP contribution in [0.5, 0.6) is 0 Å². The van der Waals surface area contributed by atoms with Gasteiger partial charge in [-0.3, -0.25) is 9.59 Å². The Balaban J connectivity index is 1.62. The van der Waals surface area contributed by atoms with E-state index in [1.54, 1.807) is 48.5 Å². The van der Waals surface area contributed by atoms with Gasteiger partial charge < -0.3 is 15.4 Å². The van der Waals surface area contributed by atoms with Crippen molar-refractivity contribution < 1.29 is 19.1 Å². The Hall–Kier alpha value is -4.07. The van der Waals surface area contributed by atoms with Crippen LogP contribution in [0.15, 0.2) is 60.9 Å². The molecule has 0 atom stereocenters. The normalized spacial score (nSPS) is 10.1. The Labute approximate surface area is 167 Å². The molecular weight excluding hydrogens is 372 g/mol. The van der Waals surface area contributed by atoms with Gasteiger partial charge in [0, 0.05) is 16.9 Å². The van der Waals surface area contributed by atoms with Crippen molar-refractivity contribution in [3.8, 4) is 0 Å². The first-order valence-electron chi connectivity index (χ1n) is 8.66. The van der Waals surface area contributed by atoms with Crippen LogP contribution < -0.4 is 10.6 Å². The van der Waals surface area contributed by atoms with Crippen LogP contribution in [-0.4, -0.2) is 34.7 Å². The van der Waals surface area contributed by atoms with E-state index in [9.17, 15) is 14.4 Å². The summed E-state index contributed by atoms with van der Waals surface area (Å²) < 4.78 is 4.63. The molecule has 8 nitrogen and oxygen atoms in total. The number of amides is 1. The molecule has 8 heteroatoms. The Bertz CT molecular complexity index is 1030. The topological polar surface area (TPSA) is 110 Å². The first-order chi connectivity index (χ1) is 14.0. The zero-order valence-corrected chi connectivity index (χ0v) is 15.8. The standard InChI is InChI=1S/C21H18N4O4/c1-13(26)14-3-7-16(8-4-14)24-19-12-22-18(11-23-19)20(27)25-17-9-5-15(6-10-17)21(28)29-2/h3-12H,1-2H3,(H,23,24)(H,25,27). The molecule has 1 aromatic heterocycles. The summed E-state index contributed by atoms with van der Waals surface area (Å²) in [4.78, 5) is 43.3. The lowest BCUT2D eigenvalue weighted by atomic mass is 10.1. The van der Waals surface area contributed by atoms with Crippen molar-refractivity contribution >= 4 is 34.9 Å². The highest BCUT2D eigenvalue weighted by Gasteiger charge is 2.10. The fourth-order valence-corrected chi connectivity index (χ4v) is 2.45. The number of nitrogens with one attached hydrogen (secondary N) is 2. The summed E-state index contributed by atoms with van der Waals surface area (Å²) >= 11 is 0. The fourth-order valence-electron chi connectivity index (χ4n) is 2.45. The first-order valence-corrected chi connectivity index (χ1v) is 8.66. The predicted molar refractivity (Wildman–Crippen MR) is 107 cm³/mol. The van der Waals surface area contributed by atoms with E-state index < -0.39 is 11.9 Å². The quantitative estimate of drug-likeness (QED) is 0.490. The summed E-state index contributed by atoms with van der Waals surface area (Å²) in [5.41, 5.74) is 2.40. The summed E-state index contributed by atoms with van der Waals surface area (Å²) in [5.74, 6) is -0.431. The zero-order valence-electron chi connectivity index (χ0n) is 15.8. The van der Waals surface area contributed by atoms with E-state index >= 15 is 0 Å². The van der Waals surface area contributed by atoms with Gasteiger partial charge in [0.05, 0.1) is 25.1 Å². The number of ether oxygens (including phenoxy) is 1. The number of rotatable bonds is 6. The number of ketones is 1. The smallest absolute Gasteiger partial charge is 0.337 e. The third kappa shape index (κ3) is 5.01. The van der Waals surface area contributed by atoms with Crippen LogP contribution in [0.3, 0.4) is 0 Å². The number of esters is 1. The van der Waals surface area contributed by atoms with E-state index in [0.717, 1.165) is 5.69 Å². The summed E-state index contributed by atoms with van der Waals surface area (Å²) in [6.45, 7) is 1.51. The second kappa shape index (κ2) is 8.75. The van der Waals surface area contributed by atoms with Crippen LogP contribution in [0.4, 0.5) is 17.2 Å². The van der Waals surface area contributed by atoms with Gasteiger partial charge >= 0.3 is 5.97 Å². The molecular formula is C21H18N4O4. The summed E-state index contributed by atoms with van der Waals surface area (Å²) in [6.07, 6.45) is 2.79. The Morgan fingerprint density at radius 2 is 1.45 bits per heavy atom. The highest BCUT2D eigenvalue weighted by atomic mass is 16.5. The van der Waals surface area contributed by atoms with Crippen molar-refractivity contribution in [1.29, 1.82) is 0 Å². The van der Waals surface area contributed by atoms with Gasteiger partial charge in [0.25, 0.3) is 5.91 Å². The average Bonchev–Trinajstić information content (AvgIpc) is 2.74. The van der Waals surface area contributed by atoms with Crippen LogP contribution in [0.1, 0.15) is 38.1 Å². The average molecular weight is 390 g/mol. The fraction of sp³-hybridized carbons (Fsp3) is 0.0952. The number of anilines is 3. The first kappa shape index (κ1) is 19.7. The molecule has 1 heterocycles. The van der Waals surface area contributed by atoms with E-state index in [4.69, 9.17) is 0 Å². The predicted octanol–water partition coefficient (Wildman–Crippen LogP) is 3.46. The number of nitrogens with zero attached hydrogens (tertiary/aromatic N) is 2. The second-order valence-electron chi connectivity index (χ2n) is 6.07. The molecule has 3 aromatic rings. The highest BCUT2D eigenvalue weighted by Crippen LogP contribution is 2.16. The van der Waals surface area contributed by atoms with Crippen molar-refractivity contribution in [2.75, 3.05) is 17.7 Å². The maximum atomic E-state index is 12.3. The van der Waals surface area contributed by atoms with Crippen molar-refractivity contribution in [2.45, 2.75) is 6.92 Å². The molecule has 0 saturated heterocycles. The monoisotopic (exact) mass is 390 g/mol. The van der Waals surface area contributed by atoms with Gasteiger partial charge in [-0.25, -0.2) is 14.8 Å². The lowest BCUT2D eigenvalue weighted by Crippen LogP contribution is -2.14. The van der Waals surface area contributed by atoms with E-state index in [1.165, 1.54) is 26.4 Å². The molecule has 0 aliphatic rings. The molecule has 0 unspecified atom stereocenters. The lowest BCUT2D eigenvalue weighted by Gasteiger charge is -2.08. The molecule has 0 radical (unpaired) electrons. The second-order valence-corrected chi connectivity index (χ2v) is 6.07. The van der Waals surface area contributed by atoms with Crippen molar-refractivity contribution in [3.05, 3.63) is 77.7 Å². The zero-order chi connectivity index (χ0) is 20.8. The molecule has 0 aliphatic heterocycles. The van der Waals surface area contributed by atoms with Gasteiger partial charge in [-0.15, -0.1) is 0 Å². The number of Topliss-reactive ketones (excluding diaryl/α,β-unsaturated/α-hetero) is 1. The van der Waals surface area contributed by atoms with Gasteiger partial charge in [-0.05, 0) is 55.5 Å². The van der Waals surface area contributed by atoms with E-state index in [-0.39, 0.29) is 11.5 Å². The Morgan fingerprint density at radius 3 is 2.00 bits per heavy atom. The van der Waals surface area contributed by atoms with Gasteiger partial charge in [0.15, 0.2) is 5.78 Å². The lowest BCUT2D eigenvalue weighted by molar-refractivity contribution is 0.0600. The summed E-state index contributed by atoms with van der Waals surface area (Å²) in [5, 5.41) is 5.73. The minimum absolute atomic E-state index is 0.00774. The largest absolute Gasteiger partial charge is 0.465 e. The SMILES string of the molecule is COC(=O)c1ccc(NC(=O)c2cnc(Nc3ccc(C(C)=O)cc3)cn2)cc1. The molecule has 0 fully saturated rings. The minimum Gasteiger partial charge on any atom is -0.465 e. The van der Waals surface area contributed by atoms with Gasteiger partial charge in [0.1, 0.15) is 11.5 Å². The Morgan fingerprint density at radius 1 is 0.828 bits per heavy atom. The van der Waals surface area contributed by atoms with Crippen LogP contribution in [0.2, 0.25) is 0 Å². The number of aromatic nitrogens is 2. The third-order valence-corrected chi connectivity index (χ3v) is 4.01. The number of carbonyl (C=O) groups excluding carboxylic acids is 3. The number of methoxy groups -OCH3 is 1.